The van der Waals surface area contributed by atoms with Crippen molar-refractivity contribution in [2.45, 2.75) is 24.0 Å². The topological polar surface area (TPSA) is 72.7 Å². The second kappa shape index (κ2) is 7.96. The summed E-state index contributed by atoms with van der Waals surface area (Å²) in [7, 11) is 1.58. The number of fused-ring (bicyclic) bond motifs is 3. The Hall–Kier alpha value is -3.93. The summed E-state index contributed by atoms with van der Waals surface area (Å²) in [5, 5.41) is 12.4. The molecule has 1 saturated heterocycles. The zero-order chi connectivity index (χ0) is 22.2. The van der Waals surface area contributed by atoms with Crippen molar-refractivity contribution in [1.29, 1.82) is 0 Å². The van der Waals surface area contributed by atoms with E-state index >= 15 is 0 Å². The number of carbonyl (C=O) groups is 1. The van der Waals surface area contributed by atoms with Gasteiger partial charge in [0.2, 0.25) is 6.04 Å². The van der Waals surface area contributed by atoms with Crippen molar-refractivity contribution in [3.63, 3.8) is 0 Å². The molecule has 3 aromatic carbocycles. The second-order valence-electron chi connectivity index (χ2n) is 8.07. The minimum absolute atomic E-state index is 0.120. The predicted molar refractivity (Wildman–Crippen MR) is 123 cm³/mol. The number of ether oxygens (including phenoxy) is 1. The van der Waals surface area contributed by atoms with Crippen molar-refractivity contribution in [2.75, 3.05) is 12.0 Å². The summed E-state index contributed by atoms with van der Waals surface area (Å²) < 4.78 is 5.27. The highest BCUT2D eigenvalue weighted by Crippen LogP contribution is 2.47. The van der Waals surface area contributed by atoms with Gasteiger partial charge in [-0.2, -0.15) is 0 Å². The van der Waals surface area contributed by atoms with E-state index in [0.717, 1.165) is 16.8 Å². The van der Waals surface area contributed by atoms with E-state index in [-0.39, 0.29) is 10.7 Å². The Balaban J connectivity index is 1.71. The first-order chi connectivity index (χ1) is 15.6. The Labute approximate surface area is 185 Å². The lowest BCUT2D eigenvalue weighted by Crippen LogP contribution is -2.44. The van der Waals surface area contributed by atoms with Crippen molar-refractivity contribution in [1.82, 2.24) is 0 Å². The van der Waals surface area contributed by atoms with Gasteiger partial charge in [-0.3, -0.25) is 14.9 Å². The van der Waals surface area contributed by atoms with Crippen LogP contribution in [0.2, 0.25) is 0 Å². The number of nitrogens with zero attached hydrogens (tertiary/aromatic N) is 2. The van der Waals surface area contributed by atoms with E-state index in [1.165, 1.54) is 0 Å². The van der Waals surface area contributed by atoms with Gasteiger partial charge < -0.3 is 9.64 Å². The molecular formula is C26H22N2O4. The number of Topliss-reactive ketones (excluding diaryl/α,β-unsaturated/α-hetero) is 1. The van der Waals surface area contributed by atoms with Gasteiger partial charge in [-0.05, 0) is 29.3 Å². The van der Waals surface area contributed by atoms with Gasteiger partial charge in [-0.15, -0.1) is 0 Å². The standard InChI is InChI=1S/C26H22N2O4/c1-32-20-14-11-18(12-15-20)23-24(28(30)31)22-16-13-17-7-5-6-10-21(17)27(22)25(23)26(29)19-8-3-2-4-9-19/h2-16,22-25H,1H3/t22-,23-,24-,25+/m0/s1. The van der Waals surface area contributed by atoms with E-state index in [0.29, 0.717) is 11.3 Å². The minimum Gasteiger partial charge on any atom is -0.497 e. The van der Waals surface area contributed by atoms with Gasteiger partial charge in [0.15, 0.2) is 5.78 Å². The van der Waals surface area contributed by atoms with Crippen LogP contribution in [0, 0.1) is 10.1 Å². The highest BCUT2D eigenvalue weighted by atomic mass is 16.6. The highest BCUT2D eigenvalue weighted by Gasteiger charge is 2.58. The number of benzene rings is 3. The van der Waals surface area contributed by atoms with Crippen LogP contribution in [-0.2, 0) is 0 Å². The fraction of sp³-hybridized carbons (Fsp3) is 0.192. The molecule has 4 atom stereocenters. The van der Waals surface area contributed by atoms with Gasteiger partial charge in [0, 0.05) is 16.2 Å². The van der Waals surface area contributed by atoms with Crippen LogP contribution in [0.25, 0.3) is 6.08 Å². The average Bonchev–Trinajstić information content (AvgIpc) is 3.20. The number of hydrogen-bond donors (Lipinski definition) is 0. The Morgan fingerprint density at radius 2 is 1.66 bits per heavy atom. The summed E-state index contributed by atoms with van der Waals surface area (Å²) in [4.78, 5) is 28.0. The summed E-state index contributed by atoms with van der Waals surface area (Å²) in [5.41, 5.74) is 3.09. The van der Waals surface area contributed by atoms with Gasteiger partial charge in [0.25, 0.3) is 0 Å². The van der Waals surface area contributed by atoms with E-state index in [2.05, 4.69) is 0 Å². The SMILES string of the molecule is COc1ccc([C@H]2[C@@H]([N+](=O)[O-])[C@@H]3C=Cc4ccccc4N3[C@H]2C(=O)c2ccccc2)cc1. The molecule has 3 aromatic rings. The maximum absolute atomic E-state index is 13.9. The maximum atomic E-state index is 13.9. The third kappa shape index (κ3) is 3.15. The Morgan fingerprint density at radius 3 is 2.34 bits per heavy atom. The van der Waals surface area contributed by atoms with Gasteiger partial charge in [-0.1, -0.05) is 72.8 Å². The molecule has 160 valence electrons. The van der Waals surface area contributed by atoms with Gasteiger partial charge >= 0.3 is 0 Å². The summed E-state index contributed by atoms with van der Waals surface area (Å²) in [6.45, 7) is 0. The molecule has 1 fully saturated rings. The van der Waals surface area contributed by atoms with E-state index in [9.17, 15) is 14.9 Å². The molecule has 0 amide bonds. The highest BCUT2D eigenvalue weighted by molar-refractivity contribution is 6.04. The summed E-state index contributed by atoms with van der Waals surface area (Å²) in [5.74, 6) is -0.0754. The molecule has 2 aliphatic heterocycles. The molecule has 5 rings (SSSR count). The largest absolute Gasteiger partial charge is 0.497 e. The molecule has 6 nitrogen and oxygen atoms in total. The number of hydrogen-bond acceptors (Lipinski definition) is 5. The Bertz CT molecular complexity index is 1190. The number of carbonyl (C=O) groups excluding carboxylic acids is 1. The lowest BCUT2D eigenvalue weighted by atomic mass is 9.83. The van der Waals surface area contributed by atoms with Gasteiger partial charge in [0.1, 0.15) is 17.8 Å². The number of para-hydroxylation sites is 1. The molecule has 0 saturated carbocycles. The lowest BCUT2D eigenvalue weighted by molar-refractivity contribution is -0.524. The minimum atomic E-state index is -0.967. The van der Waals surface area contributed by atoms with Gasteiger partial charge in [0.05, 0.1) is 13.0 Å². The van der Waals surface area contributed by atoms with Crippen LogP contribution in [-0.4, -0.2) is 35.9 Å². The molecule has 0 N–H and O–H groups in total. The number of nitro groups is 1. The van der Waals surface area contributed by atoms with Crippen molar-refractivity contribution < 1.29 is 14.5 Å². The number of ketones is 1. The molecule has 0 bridgehead atoms. The molecule has 0 aliphatic carbocycles. The van der Waals surface area contributed by atoms with E-state index in [4.69, 9.17) is 4.74 Å². The van der Waals surface area contributed by atoms with Crippen LogP contribution in [0.3, 0.4) is 0 Å². The van der Waals surface area contributed by atoms with Crippen LogP contribution < -0.4 is 9.64 Å². The fourth-order valence-electron chi connectivity index (χ4n) is 5.03. The Morgan fingerprint density at radius 1 is 0.969 bits per heavy atom. The predicted octanol–water partition coefficient (Wildman–Crippen LogP) is 4.59. The zero-order valence-electron chi connectivity index (χ0n) is 17.5. The van der Waals surface area contributed by atoms with E-state index in [1.54, 1.807) is 31.4 Å². The summed E-state index contributed by atoms with van der Waals surface area (Å²) in [6.07, 6.45) is 3.79. The molecule has 32 heavy (non-hydrogen) atoms. The molecular weight excluding hydrogens is 404 g/mol. The van der Waals surface area contributed by atoms with Crippen molar-refractivity contribution in [3.8, 4) is 5.75 Å². The van der Waals surface area contributed by atoms with Crippen LogP contribution in [0.5, 0.6) is 5.75 Å². The van der Waals surface area contributed by atoms with Crippen LogP contribution >= 0.6 is 0 Å². The molecule has 0 spiro atoms. The molecule has 0 unspecified atom stereocenters. The van der Waals surface area contributed by atoms with E-state index in [1.807, 2.05) is 71.6 Å². The number of methoxy groups -OCH3 is 1. The molecule has 0 radical (unpaired) electrons. The van der Waals surface area contributed by atoms with Crippen LogP contribution in [0.15, 0.2) is 84.9 Å². The van der Waals surface area contributed by atoms with Crippen molar-refractivity contribution >= 4 is 17.5 Å². The average molecular weight is 426 g/mol. The van der Waals surface area contributed by atoms with Crippen LogP contribution in [0.1, 0.15) is 27.4 Å². The molecule has 0 aromatic heterocycles. The molecule has 2 heterocycles. The lowest BCUT2D eigenvalue weighted by Gasteiger charge is -2.34. The van der Waals surface area contributed by atoms with Gasteiger partial charge in [-0.25, -0.2) is 0 Å². The smallest absolute Gasteiger partial charge is 0.245 e. The van der Waals surface area contributed by atoms with Crippen molar-refractivity contribution in [3.05, 3.63) is 112 Å². The number of rotatable bonds is 5. The van der Waals surface area contributed by atoms with E-state index < -0.39 is 24.0 Å². The zero-order valence-corrected chi connectivity index (χ0v) is 17.5. The summed E-state index contributed by atoms with van der Waals surface area (Å²) >= 11 is 0. The normalized spacial score (nSPS) is 23.3. The van der Waals surface area contributed by atoms with Crippen LogP contribution in [0.4, 0.5) is 5.69 Å². The second-order valence-corrected chi connectivity index (χ2v) is 8.07. The third-order valence-electron chi connectivity index (χ3n) is 6.44. The first-order valence-electron chi connectivity index (χ1n) is 10.5. The summed E-state index contributed by atoms with van der Waals surface area (Å²) in [6, 6.07) is 21.8. The number of anilines is 1. The quantitative estimate of drug-likeness (QED) is 0.339. The molecule has 6 heteroatoms. The molecule has 2 aliphatic rings. The van der Waals surface area contributed by atoms with Crippen molar-refractivity contribution in [2.24, 2.45) is 0 Å². The first-order valence-corrected chi connectivity index (χ1v) is 10.5. The third-order valence-corrected chi connectivity index (χ3v) is 6.44. The monoisotopic (exact) mass is 426 g/mol. The Kier molecular flexibility index (Phi) is 4.98. The first kappa shape index (κ1) is 20.0. The maximum Gasteiger partial charge on any atom is 0.245 e. The fourth-order valence-corrected chi connectivity index (χ4v) is 5.03.